The molecular weight excluding hydrogens is 252 g/mol. The summed E-state index contributed by atoms with van der Waals surface area (Å²) in [6, 6.07) is 1.64. The average Bonchev–Trinajstić information content (AvgIpc) is 3.30. The van der Waals surface area contributed by atoms with Gasteiger partial charge in [-0.15, -0.1) is 0 Å². The summed E-state index contributed by atoms with van der Waals surface area (Å²) < 4.78 is 0. The Morgan fingerprint density at radius 3 is 2.53 bits per heavy atom. The number of piperazine rings is 1. The van der Waals surface area contributed by atoms with Crippen LogP contribution in [0.1, 0.15) is 44.9 Å². The van der Waals surface area contributed by atoms with Gasteiger partial charge in [-0.1, -0.05) is 19.3 Å². The maximum Gasteiger partial charge on any atom is 0.0249 e. The summed E-state index contributed by atoms with van der Waals surface area (Å²) in [7, 11) is 0. The van der Waals surface area contributed by atoms with Crippen LogP contribution in [0.2, 0.25) is 0 Å². The fourth-order valence-electron chi connectivity index (χ4n) is 4.12. The zero-order valence-corrected chi connectivity index (χ0v) is 13.3. The molecule has 19 heavy (non-hydrogen) atoms. The summed E-state index contributed by atoms with van der Waals surface area (Å²) in [6.45, 7) is 3.90. The first-order chi connectivity index (χ1) is 9.38. The number of hydrogen-bond donors (Lipinski definition) is 1. The minimum absolute atomic E-state index is 0.807. The van der Waals surface area contributed by atoms with Crippen LogP contribution >= 0.6 is 11.8 Å². The Balaban J connectivity index is 1.59. The molecule has 0 amide bonds. The van der Waals surface area contributed by atoms with Gasteiger partial charge in [0, 0.05) is 37.5 Å². The third-order valence-corrected chi connectivity index (χ3v) is 6.05. The number of rotatable bonds is 5. The molecule has 110 valence electrons. The predicted octanol–water partition coefficient (Wildman–Crippen LogP) is 2.98. The lowest BCUT2D eigenvalue weighted by molar-refractivity contribution is 0.0728. The summed E-state index contributed by atoms with van der Waals surface area (Å²) in [5.74, 6) is 3.29. The summed E-state index contributed by atoms with van der Waals surface area (Å²) >= 11 is 2.01. The maximum atomic E-state index is 3.89. The Kier molecular flexibility index (Phi) is 5.10. The van der Waals surface area contributed by atoms with E-state index >= 15 is 0 Å². The molecule has 2 nitrogen and oxygen atoms in total. The summed E-state index contributed by atoms with van der Waals surface area (Å²) in [5.41, 5.74) is 0. The molecule has 0 aromatic carbocycles. The Bertz CT molecular complexity index is 274. The molecule has 1 aliphatic heterocycles. The van der Waals surface area contributed by atoms with E-state index < -0.39 is 0 Å². The van der Waals surface area contributed by atoms with Gasteiger partial charge in [0.25, 0.3) is 0 Å². The molecule has 3 heteroatoms. The van der Waals surface area contributed by atoms with Crippen molar-refractivity contribution in [2.45, 2.75) is 57.0 Å². The highest BCUT2D eigenvalue weighted by molar-refractivity contribution is 7.98. The van der Waals surface area contributed by atoms with Crippen molar-refractivity contribution in [3.8, 4) is 0 Å². The van der Waals surface area contributed by atoms with Gasteiger partial charge in [-0.2, -0.15) is 11.8 Å². The molecule has 2 saturated carbocycles. The lowest BCUT2D eigenvalue weighted by atomic mass is 9.82. The van der Waals surface area contributed by atoms with Crippen LogP contribution in [0, 0.1) is 11.8 Å². The molecule has 1 N–H and O–H groups in total. The lowest BCUT2D eigenvalue weighted by Crippen LogP contribution is -2.60. The van der Waals surface area contributed by atoms with E-state index in [2.05, 4.69) is 16.5 Å². The van der Waals surface area contributed by atoms with Crippen LogP contribution in [0.25, 0.3) is 0 Å². The molecule has 0 aromatic rings. The van der Waals surface area contributed by atoms with Crippen molar-refractivity contribution in [2.75, 3.05) is 31.6 Å². The van der Waals surface area contributed by atoms with E-state index in [1.807, 2.05) is 11.8 Å². The van der Waals surface area contributed by atoms with Crippen molar-refractivity contribution >= 4 is 11.8 Å². The van der Waals surface area contributed by atoms with Gasteiger partial charge < -0.3 is 5.32 Å². The topological polar surface area (TPSA) is 15.3 Å². The Hall–Kier alpha value is 0.270. The normalized spacial score (nSPS) is 34.6. The highest BCUT2D eigenvalue weighted by atomic mass is 32.2. The second-order valence-corrected chi connectivity index (χ2v) is 7.79. The van der Waals surface area contributed by atoms with Gasteiger partial charge in [0.2, 0.25) is 0 Å². The minimum Gasteiger partial charge on any atom is -0.311 e. The van der Waals surface area contributed by atoms with E-state index in [1.165, 1.54) is 70.3 Å². The smallest absolute Gasteiger partial charge is 0.0249 e. The number of nitrogens with one attached hydrogen (secondary N) is 1. The van der Waals surface area contributed by atoms with Crippen LogP contribution in [0.3, 0.4) is 0 Å². The Labute approximate surface area is 123 Å². The van der Waals surface area contributed by atoms with Crippen molar-refractivity contribution < 1.29 is 0 Å². The summed E-state index contributed by atoms with van der Waals surface area (Å²) in [6.07, 6.45) is 12.6. The van der Waals surface area contributed by atoms with Gasteiger partial charge in [-0.05, 0) is 43.8 Å². The second-order valence-electron chi connectivity index (χ2n) is 6.81. The van der Waals surface area contributed by atoms with Gasteiger partial charge in [-0.3, -0.25) is 4.90 Å². The van der Waals surface area contributed by atoms with Crippen molar-refractivity contribution in [1.82, 2.24) is 10.2 Å². The quantitative estimate of drug-likeness (QED) is 0.834. The van der Waals surface area contributed by atoms with Crippen molar-refractivity contribution in [3.63, 3.8) is 0 Å². The van der Waals surface area contributed by atoms with E-state index in [0.717, 1.165) is 23.9 Å². The Morgan fingerprint density at radius 2 is 1.84 bits per heavy atom. The molecule has 0 spiro atoms. The fraction of sp³-hybridized carbons (Fsp3) is 1.00. The zero-order valence-electron chi connectivity index (χ0n) is 12.4. The van der Waals surface area contributed by atoms with Crippen LogP contribution in [0.5, 0.6) is 0 Å². The SMILES string of the molecule is CSCCN1CC(C2CC2)NCC1C1CCCCC1. The van der Waals surface area contributed by atoms with Crippen LogP contribution in [0.15, 0.2) is 0 Å². The van der Waals surface area contributed by atoms with Gasteiger partial charge in [0.15, 0.2) is 0 Å². The number of hydrogen-bond acceptors (Lipinski definition) is 3. The van der Waals surface area contributed by atoms with Gasteiger partial charge in [0.05, 0.1) is 0 Å². The molecule has 0 aromatic heterocycles. The molecule has 1 saturated heterocycles. The van der Waals surface area contributed by atoms with E-state index in [4.69, 9.17) is 0 Å². The van der Waals surface area contributed by atoms with E-state index in [9.17, 15) is 0 Å². The van der Waals surface area contributed by atoms with Gasteiger partial charge in [0.1, 0.15) is 0 Å². The molecule has 3 rings (SSSR count). The first kappa shape index (κ1) is 14.2. The maximum absolute atomic E-state index is 3.89. The number of thioether (sulfide) groups is 1. The fourth-order valence-corrected chi connectivity index (χ4v) is 4.53. The van der Waals surface area contributed by atoms with Gasteiger partial charge >= 0.3 is 0 Å². The molecule has 0 radical (unpaired) electrons. The molecule has 2 unspecified atom stereocenters. The lowest BCUT2D eigenvalue weighted by Gasteiger charge is -2.45. The van der Waals surface area contributed by atoms with Gasteiger partial charge in [-0.25, -0.2) is 0 Å². The monoisotopic (exact) mass is 282 g/mol. The van der Waals surface area contributed by atoms with Crippen molar-refractivity contribution in [1.29, 1.82) is 0 Å². The third kappa shape index (κ3) is 3.68. The number of nitrogens with zero attached hydrogens (tertiary/aromatic N) is 1. The molecular formula is C16H30N2S. The molecule has 3 aliphatic rings. The van der Waals surface area contributed by atoms with E-state index in [0.29, 0.717) is 0 Å². The standard InChI is InChI=1S/C16H30N2S/c1-19-10-9-18-12-15(13-7-8-13)17-11-16(18)14-5-3-2-4-6-14/h13-17H,2-12H2,1H3. The van der Waals surface area contributed by atoms with Crippen molar-refractivity contribution in [2.24, 2.45) is 11.8 Å². The van der Waals surface area contributed by atoms with Crippen LogP contribution in [-0.2, 0) is 0 Å². The van der Waals surface area contributed by atoms with Crippen LogP contribution in [-0.4, -0.2) is 48.6 Å². The molecule has 3 fully saturated rings. The largest absolute Gasteiger partial charge is 0.311 e. The second kappa shape index (κ2) is 6.82. The van der Waals surface area contributed by atoms with Crippen LogP contribution in [0.4, 0.5) is 0 Å². The molecule has 2 aliphatic carbocycles. The zero-order chi connectivity index (χ0) is 13.1. The minimum atomic E-state index is 0.807. The highest BCUT2D eigenvalue weighted by Crippen LogP contribution is 2.36. The summed E-state index contributed by atoms with van der Waals surface area (Å²) in [4.78, 5) is 2.85. The Morgan fingerprint density at radius 1 is 1.05 bits per heavy atom. The van der Waals surface area contributed by atoms with E-state index in [1.54, 1.807) is 0 Å². The van der Waals surface area contributed by atoms with Crippen LogP contribution < -0.4 is 5.32 Å². The van der Waals surface area contributed by atoms with E-state index in [-0.39, 0.29) is 0 Å². The molecule has 1 heterocycles. The predicted molar refractivity (Wildman–Crippen MR) is 84.8 cm³/mol. The van der Waals surface area contributed by atoms with Crippen molar-refractivity contribution in [3.05, 3.63) is 0 Å². The highest BCUT2D eigenvalue weighted by Gasteiger charge is 2.39. The first-order valence-corrected chi connectivity index (χ1v) is 9.74. The molecule has 2 atom stereocenters. The average molecular weight is 282 g/mol. The third-order valence-electron chi connectivity index (χ3n) is 5.46. The molecule has 0 bridgehead atoms. The first-order valence-electron chi connectivity index (χ1n) is 8.35. The summed E-state index contributed by atoms with van der Waals surface area (Å²) in [5, 5.41) is 3.89.